The van der Waals surface area contributed by atoms with Gasteiger partial charge in [-0.15, -0.1) is 0 Å². The maximum atomic E-state index is 5.61. The Balaban J connectivity index is 1.20. The molecule has 1 fully saturated rings. The van der Waals surface area contributed by atoms with E-state index >= 15 is 0 Å². The number of piperazine rings is 1. The molecular weight excluding hydrogens is 484 g/mol. The normalized spacial score (nSPS) is 15.0. The minimum absolute atomic E-state index is 0.0586. The van der Waals surface area contributed by atoms with Crippen molar-refractivity contribution in [2.45, 2.75) is 26.8 Å². The van der Waals surface area contributed by atoms with Crippen LogP contribution in [0, 0.1) is 13.8 Å². The molecule has 0 spiro atoms. The molecule has 198 valence electrons. The van der Waals surface area contributed by atoms with E-state index in [-0.39, 0.29) is 6.04 Å². The average molecular weight is 519 g/mol. The highest BCUT2D eigenvalue weighted by molar-refractivity contribution is 5.85. The number of aromatic nitrogens is 3. The Labute approximate surface area is 229 Å². The first-order valence-corrected chi connectivity index (χ1v) is 13.5. The van der Waals surface area contributed by atoms with Crippen LogP contribution >= 0.6 is 0 Å². The fourth-order valence-corrected chi connectivity index (χ4v) is 5.18. The minimum Gasteiger partial charge on any atom is -0.464 e. The standard InChI is InChI=1S/C32H34N6O/c1-21-20-39-30-10-8-26(17-28(21)30)29-18-31(36-23(3)35-29)34-22(2)24-6-5-7-25(16-24)27-9-11-32(33-19-27)38-14-12-37(4)13-15-38/h5-11,16-20,22H,12-15H2,1-4H3,(H,34,35,36). The molecule has 6 rings (SSSR count). The Morgan fingerprint density at radius 3 is 2.49 bits per heavy atom. The van der Waals surface area contributed by atoms with Gasteiger partial charge in [0.2, 0.25) is 0 Å². The summed E-state index contributed by atoms with van der Waals surface area (Å²) in [6.07, 6.45) is 3.78. The smallest absolute Gasteiger partial charge is 0.134 e. The van der Waals surface area contributed by atoms with Gasteiger partial charge in [0.15, 0.2) is 0 Å². The monoisotopic (exact) mass is 518 g/mol. The summed E-state index contributed by atoms with van der Waals surface area (Å²) in [5.41, 5.74) is 7.40. The summed E-state index contributed by atoms with van der Waals surface area (Å²) in [6, 6.07) is 21.2. The Morgan fingerprint density at radius 2 is 1.69 bits per heavy atom. The lowest BCUT2D eigenvalue weighted by molar-refractivity contribution is 0.312. The third-order valence-corrected chi connectivity index (χ3v) is 7.56. The van der Waals surface area contributed by atoms with Gasteiger partial charge in [0.05, 0.1) is 12.0 Å². The summed E-state index contributed by atoms with van der Waals surface area (Å²) in [5.74, 6) is 2.58. The lowest BCUT2D eigenvalue weighted by Gasteiger charge is -2.33. The predicted molar refractivity (Wildman–Crippen MR) is 158 cm³/mol. The van der Waals surface area contributed by atoms with Gasteiger partial charge in [-0.25, -0.2) is 15.0 Å². The van der Waals surface area contributed by atoms with Crippen LogP contribution < -0.4 is 10.2 Å². The molecule has 1 atom stereocenters. The number of nitrogens with one attached hydrogen (secondary N) is 1. The van der Waals surface area contributed by atoms with Crippen LogP contribution in [0.2, 0.25) is 0 Å². The summed E-state index contributed by atoms with van der Waals surface area (Å²) in [4.78, 5) is 18.9. The number of likely N-dealkylation sites (N-methyl/N-ethyl adjacent to an activating group) is 1. The molecular formula is C32H34N6O. The molecule has 0 bridgehead atoms. The first kappa shape index (κ1) is 25.1. The highest BCUT2D eigenvalue weighted by Gasteiger charge is 2.16. The van der Waals surface area contributed by atoms with Gasteiger partial charge < -0.3 is 19.5 Å². The van der Waals surface area contributed by atoms with Crippen LogP contribution in [-0.4, -0.2) is 53.1 Å². The molecule has 0 saturated carbocycles. The summed E-state index contributed by atoms with van der Waals surface area (Å²) < 4.78 is 5.61. The SMILES string of the molecule is Cc1nc(NC(C)c2cccc(-c3ccc(N4CCN(C)CC4)nc3)c2)cc(-c2ccc3occ(C)c3c2)n1. The zero-order chi connectivity index (χ0) is 26.9. The first-order chi connectivity index (χ1) is 18.9. The molecule has 5 aromatic rings. The first-order valence-electron chi connectivity index (χ1n) is 13.5. The molecule has 3 aromatic heterocycles. The van der Waals surface area contributed by atoms with E-state index in [4.69, 9.17) is 14.4 Å². The lowest BCUT2D eigenvalue weighted by Crippen LogP contribution is -2.44. The molecule has 4 heterocycles. The van der Waals surface area contributed by atoms with Crippen LogP contribution in [0.4, 0.5) is 11.6 Å². The number of benzene rings is 2. The molecule has 39 heavy (non-hydrogen) atoms. The highest BCUT2D eigenvalue weighted by atomic mass is 16.3. The predicted octanol–water partition coefficient (Wildman–Crippen LogP) is 6.49. The topological polar surface area (TPSA) is 70.3 Å². The van der Waals surface area contributed by atoms with Crippen molar-refractivity contribution in [1.82, 2.24) is 19.9 Å². The van der Waals surface area contributed by atoms with Crippen molar-refractivity contribution < 1.29 is 4.42 Å². The van der Waals surface area contributed by atoms with Gasteiger partial charge in [0.25, 0.3) is 0 Å². The number of furan rings is 1. The Kier molecular flexibility index (Phi) is 6.75. The van der Waals surface area contributed by atoms with Crippen molar-refractivity contribution in [1.29, 1.82) is 0 Å². The summed E-state index contributed by atoms with van der Waals surface area (Å²) in [6.45, 7) is 10.3. The van der Waals surface area contributed by atoms with Crippen molar-refractivity contribution in [2.75, 3.05) is 43.4 Å². The number of pyridine rings is 1. The van der Waals surface area contributed by atoms with E-state index < -0.39 is 0 Å². The van der Waals surface area contributed by atoms with Gasteiger partial charge in [0, 0.05) is 61.0 Å². The molecule has 7 heteroatoms. The van der Waals surface area contributed by atoms with Crippen LogP contribution in [0.5, 0.6) is 0 Å². The maximum absolute atomic E-state index is 5.61. The number of hydrogen-bond acceptors (Lipinski definition) is 7. The quantitative estimate of drug-likeness (QED) is 0.275. The van der Waals surface area contributed by atoms with Crippen molar-refractivity contribution >= 4 is 22.6 Å². The Hall–Kier alpha value is -4.23. The number of hydrogen-bond donors (Lipinski definition) is 1. The van der Waals surface area contributed by atoms with Gasteiger partial charge >= 0.3 is 0 Å². The van der Waals surface area contributed by atoms with Gasteiger partial charge in [0.1, 0.15) is 23.0 Å². The number of anilines is 2. The zero-order valence-corrected chi connectivity index (χ0v) is 23.0. The number of aryl methyl sites for hydroxylation is 2. The van der Waals surface area contributed by atoms with E-state index in [1.54, 1.807) is 6.26 Å². The summed E-state index contributed by atoms with van der Waals surface area (Å²) >= 11 is 0. The number of rotatable bonds is 6. The number of nitrogens with zero attached hydrogens (tertiary/aromatic N) is 5. The summed E-state index contributed by atoms with van der Waals surface area (Å²) in [7, 11) is 2.17. The molecule has 0 amide bonds. The van der Waals surface area contributed by atoms with Crippen molar-refractivity contribution in [3.63, 3.8) is 0 Å². The minimum atomic E-state index is 0.0586. The van der Waals surface area contributed by atoms with E-state index in [2.05, 4.69) is 83.5 Å². The van der Waals surface area contributed by atoms with Crippen molar-refractivity contribution in [3.05, 3.63) is 90.1 Å². The number of fused-ring (bicyclic) bond motifs is 1. The summed E-state index contributed by atoms with van der Waals surface area (Å²) in [5, 5.41) is 4.70. The Bertz CT molecular complexity index is 1600. The van der Waals surface area contributed by atoms with Crippen LogP contribution in [0.15, 0.2) is 77.5 Å². The van der Waals surface area contributed by atoms with Crippen LogP contribution in [0.3, 0.4) is 0 Å². The fraction of sp³-hybridized carbons (Fsp3) is 0.281. The van der Waals surface area contributed by atoms with E-state index in [0.717, 1.165) is 82.6 Å². The van der Waals surface area contributed by atoms with Gasteiger partial charge in [-0.2, -0.15) is 0 Å². The van der Waals surface area contributed by atoms with Crippen molar-refractivity contribution in [2.24, 2.45) is 0 Å². The van der Waals surface area contributed by atoms with Crippen LogP contribution in [0.1, 0.15) is 29.9 Å². The highest BCUT2D eigenvalue weighted by Crippen LogP contribution is 2.30. The van der Waals surface area contributed by atoms with Crippen LogP contribution in [0.25, 0.3) is 33.4 Å². The second-order valence-electron chi connectivity index (χ2n) is 10.5. The molecule has 1 aliphatic heterocycles. The Morgan fingerprint density at radius 1 is 0.872 bits per heavy atom. The molecule has 1 aliphatic rings. The second-order valence-corrected chi connectivity index (χ2v) is 10.5. The fourth-order valence-electron chi connectivity index (χ4n) is 5.18. The van der Waals surface area contributed by atoms with Gasteiger partial charge in [-0.3, -0.25) is 0 Å². The van der Waals surface area contributed by atoms with Gasteiger partial charge in [-0.05, 0) is 80.9 Å². The third kappa shape index (κ3) is 5.36. The van der Waals surface area contributed by atoms with Crippen LogP contribution in [-0.2, 0) is 0 Å². The molecule has 0 radical (unpaired) electrons. The molecule has 7 nitrogen and oxygen atoms in total. The second kappa shape index (κ2) is 10.5. The molecule has 0 aliphatic carbocycles. The van der Waals surface area contributed by atoms with Gasteiger partial charge in [-0.1, -0.05) is 18.2 Å². The van der Waals surface area contributed by atoms with E-state index in [1.165, 1.54) is 5.56 Å². The lowest BCUT2D eigenvalue weighted by atomic mass is 10.0. The third-order valence-electron chi connectivity index (χ3n) is 7.56. The van der Waals surface area contributed by atoms with E-state index in [9.17, 15) is 0 Å². The van der Waals surface area contributed by atoms with E-state index in [0.29, 0.717) is 0 Å². The van der Waals surface area contributed by atoms with Crippen molar-refractivity contribution in [3.8, 4) is 22.4 Å². The van der Waals surface area contributed by atoms with E-state index in [1.807, 2.05) is 31.3 Å². The molecule has 1 unspecified atom stereocenters. The average Bonchev–Trinajstić information content (AvgIpc) is 3.33. The molecule has 1 N–H and O–H groups in total. The zero-order valence-electron chi connectivity index (χ0n) is 23.0. The largest absolute Gasteiger partial charge is 0.464 e. The maximum Gasteiger partial charge on any atom is 0.134 e. The molecule has 1 saturated heterocycles. The molecule has 2 aromatic carbocycles.